The molecule has 3 rings (SSSR count). The van der Waals surface area contributed by atoms with E-state index in [1.165, 1.54) is 32.1 Å². The molecule has 0 aromatic carbocycles. The molecule has 0 atom stereocenters. The number of nitrogens with zero attached hydrogens (tertiary/aromatic N) is 2. The van der Waals surface area contributed by atoms with Gasteiger partial charge in [0.2, 0.25) is 0 Å². The monoisotopic (exact) mass is 223 g/mol. The normalized spacial score (nSPS) is 23.3. The fraction of sp³-hybridized carbons (Fsp3) is 0.636. The van der Waals surface area contributed by atoms with Crippen LogP contribution in [0, 0.1) is 5.41 Å². The van der Waals surface area contributed by atoms with Gasteiger partial charge in [-0.05, 0) is 43.2 Å². The SMILES string of the molecule is Clc1ccc(NC2CC3(CCC3)C2)nn1. The Morgan fingerprint density at radius 3 is 2.60 bits per heavy atom. The number of rotatable bonds is 2. The average Bonchev–Trinajstić information content (AvgIpc) is 2.10. The molecule has 15 heavy (non-hydrogen) atoms. The van der Waals surface area contributed by atoms with E-state index in [0.717, 1.165) is 5.82 Å². The maximum atomic E-state index is 5.67. The Bertz CT molecular complexity index is 351. The number of anilines is 1. The van der Waals surface area contributed by atoms with Crippen molar-refractivity contribution < 1.29 is 0 Å². The van der Waals surface area contributed by atoms with Crippen LogP contribution in [0.15, 0.2) is 12.1 Å². The molecule has 1 spiro atoms. The molecule has 80 valence electrons. The van der Waals surface area contributed by atoms with Crippen LogP contribution in [-0.4, -0.2) is 16.2 Å². The van der Waals surface area contributed by atoms with Crippen molar-refractivity contribution in [2.45, 2.75) is 38.1 Å². The Kier molecular flexibility index (Phi) is 2.09. The van der Waals surface area contributed by atoms with Crippen molar-refractivity contribution in [3.63, 3.8) is 0 Å². The van der Waals surface area contributed by atoms with Crippen molar-refractivity contribution in [1.29, 1.82) is 0 Å². The van der Waals surface area contributed by atoms with E-state index in [4.69, 9.17) is 11.6 Å². The third kappa shape index (κ3) is 1.69. The molecule has 2 aliphatic carbocycles. The zero-order valence-corrected chi connectivity index (χ0v) is 9.30. The Morgan fingerprint density at radius 1 is 1.27 bits per heavy atom. The lowest BCUT2D eigenvalue weighted by molar-refractivity contribution is 0.0191. The number of hydrogen-bond acceptors (Lipinski definition) is 3. The van der Waals surface area contributed by atoms with Crippen LogP contribution in [0.3, 0.4) is 0 Å². The summed E-state index contributed by atoms with van der Waals surface area (Å²) in [6.07, 6.45) is 6.89. The third-order valence-corrected chi connectivity index (χ3v) is 3.96. The van der Waals surface area contributed by atoms with Crippen molar-refractivity contribution in [2.24, 2.45) is 5.41 Å². The zero-order valence-electron chi connectivity index (χ0n) is 8.54. The predicted octanol–water partition coefficient (Wildman–Crippen LogP) is 2.87. The number of hydrogen-bond donors (Lipinski definition) is 1. The van der Waals surface area contributed by atoms with E-state index in [1.54, 1.807) is 6.07 Å². The quantitative estimate of drug-likeness (QED) is 0.838. The van der Waals surface area contributed by atoms with Gasteiger partial charge in [-0.25, -0.2) is 0 Å². The van der Waals surface area contributed by atoms with E-state index in [0.29, 0.717) is 16.6 Å². The van der Waals surface area contributed by atoms with Crippen LogP contribution in [0.2, 0.25) is 5.15 Å². The van der Waals surface area contributed by atoms with Gasteiger partial charge in [0.25, 0.3) is 0 Å². The maximum Gasteiger partial charge on any atom is 0.151 e. The van der Waals surface area contributed by atoms with E-state index in [2.05, 4.69) is 15.5 Å². The molecular weight excluding hydrogens is 210 g/mol. The molecule has 1 aromatic heterocycles. The van der Waals surface area contributed by atoms with Gasteiger partial charge in [0.15, 0.2) is 5.15 Å². The molecule has 0 unspecified atom stereocenters. The standard InChI is InChI=1S/C11H14ClN3/c12-9-2-3-10(15-14-9)13-8-6-11(7-8)4-1-5-11/h2-3,8H,1,4-7H2,(H,13,15). The number of aromatic nitrogens is 2. The molecule has 1 aromatic rings. The lowest BCUT2D eigenvalue weighted by Gasteiger charge is -2.54. The lowest BCUT2D eigenvalue weighted by Crippen LogP contribution is -2.49. The highest BCUT2D eigenvalue weighted by Gasteiger charge is 2.48. The number of halogens is 1. The van der Waals surface area contributed by atoms with Gasteiger partial charge in [0, 0.05) is 6.04 Å². The van der Waals surface area contributed by atoms with E-state index in [9.17, 15) is 0 Å². The summed E-state index contributed by atoms with van der Waals surface area (Å²) >= 11 is 5.67. The highest BCUT2D eigenvalue weighted by Crippen LogP contribution is 2.56. The summed E-state index contributed by atoms with van der Waals surface area (Å²) in [6.45, 7) is 0. The van der Waals surface area contributed by atoms with Crippen LogP contribution in [-0.2, 0) is 0 Å². The molecular formula is C11H14ClN3. The van der Waals surface area contributed by atoms with Crippen LogP contribution >= 0.6 is 11.6 Å². The minimum Gasteiger partial charge on any atom is -0.366 e. The molecule has 0 bridgehead atoms. The first-order valence-electron chi connectivity index (χ1n) is 5.52. The van der Waals surface area contributed by atoms with Crippen LogP contribution in [0.5, 0.6) is 0 Å². The van der Waals surface area contributed by atoms with Crippen molar-refractivity contribution >= 4 is 17.4 Å². The largest absolute Gasteiger partial charge is 0.366 e. The number of nitrogens with one attached hydrogen (secondary N) is 1. The van der Waals surface area contributed by atoms with Crippen LogP contribution in [0.25, 0.3) is 0 Å². The summed E-state index contributed by atoms with van der Waals surface area (Å²) < 4.78 is 0. The van der Waals surface area contributed by atoms with Crippen molar-refractivity contribution in [3.8, 4) is 0 Å². The first-order valence-corrected chi connectivity index (χ1v) is 5.89. The van der Waals surface area contributed by atoms with Gasteiger partial charge in [-0.2, -0.15) is 0 Å². The summed E-state index contributed by atoms with van der Waals surface area (Å²) in [5, 5.41) is 11.7. The fourth-order valence-electron chi connectivity index (χ4n) is 2.77. The van der Waals surface area contributed by atoms with Gasteiger partial charge in [0.05, 0.1) is 0 Å². The lowest BCUT2D eigenvalue weighted by atomic mass is 9.54. The Balaban J connectivity index is 1.56. The fourth-order valence-corrected chi connectivity index (χ4v) is 2.88. The van der Waals surface area contributed by atoms with Crippen molar-refractivity contribution in [2.75, 3.05) is 5.32 Å². The van der Waals surface area contributed by atoms with E-state index < -0.39 is 0 Å². The van der Waals surface area contributed by atoms with E-state index in [1.807, 2.05) is 6.07 Å². The van der Waals surface area contributed by atoms with Crippen molar-refractivity contribution in [3.05, 3.63) is 17.3 Å². The Morgan fingerprint density at radius 2 is 2.07 bits per heavy atom. The highest BCUT2D eigenvalue weighted by molar-refractivity contribution is 6.29. The van der Waals surface area contributed by atoms with Crippen LogP contribution < -0.4 is 5.32 Å². The molecule has 2 saturated carbocycles. The van der Waals surface area contributed by atoms with Gasteiger partial charge in [-0.3, -0.25) is 0 Å². The minimum atomic E-state index is 0.449. The molecule has 0 aliphatic heterocycles. The zero-order chi connectivity index (χ0) is 10.3. The van der Waals surface area contributed by atoms with Gasteiger partial charge in [-0.1, -0.05) is 18.0 Å². The Labute approximate surface area is 94.2 Å². The molecule has 1 heterocycles. The first kappa shape index (κ1) is 9.40. The molecule has 4 heteroatoms. The van der Waals surface area contributed by atoms with Crippen LogP contribution in [0.1, 0.15) is 32.1 Å². The van der Waals surface area contributed by atoms with Gasteiger partial charge in [-0.15, -0.1) is 10.2 Å². The predicted molar refractivity (Wildman–Crippen MR) is 60.0 cm³/mol. The maximum absolute atomic E-state index is 5.67. The second-order valence-corrected chi connectivity index (χ2v) is 5.23. The molecule has 2 aliphatic rings. The summed E-state index contributed by atoms with van der Waals surface area (Å²) in [5.74, 6) is 0.846. The highest BCUT2D eigenvalue weighted by atomic mass is 35.5. The third-order valence-electron chi connectivity index (χ3n) is 3.76. The van der Waals surface area contributed by atoms with Crippen molar-refractivity contribution in [1.82, 2.24) is 10.2 Å². The van der Waals surface area contributed by atoms with Crippen LogP contribution in [0.4, 0.5) is 5.82 Å². The summed E-state index contributed by atoms with van der Waals surface area (Å²) in [5.41, 5.74) is 0.706. The summed E-state index contributed by atoms with van der Waals surface area (Å²) in [4.78, 5) is 0. The molecule has 3 nitrogen and oxygen atoms in total. The molecule has 2 fully saturated rings. The van der Waals surface area contributed by atoms with Gasteiger partial charge >= 0.3 is 0 Å². The molecule has 0 amide bonds. The summed E-state index contributed by atoms with van der Waals surface area (Å²) in [6, 6.07) is 4.26. The van der Waals surface area contributed by atoms with E-state index >= 15 is 0 Å². The Hall–Kier alpha value is -0.830. The van der Waals surface area contributed by atoms with Gasteiger partial charge < -0.3 is 5.32 Å². The topological polar surface area (TPSA) is 37.8 Å². The van der Waals surface area contributed by atoms with E-state index in [-0.39, 0.29) is 0 Å². The van der Waals surface area contributed by atoms with Gasteiger partial charge in [0.1, 0.15) is 5.82 Å². The molecule has 0 saturated heterocycles. The first-order chi connectivity index (χ1) is 7.26. The second kappa shape index (κ2) is 3.34. The second-order valence-electron chi connectivity index (χ2n) is 4.84. The summed E-state index contributed by atoms with van der Waals surface area (Å²) in [7, 11) is 0. The average molecular weight is 224 g/mol. The molecule has 1 N–H and O–H groups in total. The minimum absolute atomic E-state index is 0.449. The smallest absolute Gasteiger partial charge is 0.151 e. The molecule has 0 radical (unpaired) electrons.